The van der Waals surface area contributed by atoms with Crippen molar-refractivity contribution in [3.05, 3.63) is 58.1 Å². The first kappa shape index (κ1) is 18.1. The van der Waals surface area contributed by atoms with E-state index in [-0.39, 0.29) is 6.79 Å². The molecule has 1 amide bonds. The maximum absolute atomic E-state index is 11.8. The molecule has 2 aromatic rings. The van der Waals surface area contributed by atoms with E-state index in [1.54, 1.807) is 36.4 Å². The number of esters is 1. The van der Waals surface area contributed by atoms with Gasteiger partial charge < -0.3 is 19.5 Å². The summed E-state index contributed by atoms with van der Waals surface area (Å²) in [4.78, 5) is 23.5. The summed E-state index contributed by atoms with van der Waals surface area (Å²) in [6.07, 6.45) is 2.78. The molecule has 0 aromatic heterocycles. The van der Waals surface area contributed by atoms with E-state index in [0.29, 0.717) is 27.2 Å². The Bertz CT molecular complexity index is 882. The zero-order valence-corrected chi connectivity index (χ0v) is 14.8. The molecule has 1 N–H and O–H groups in total. The maximum atomic E-state index is 11.8. The summed E-state index contributed by atoms with van der Waals surface area (Å²) in [5.41, 5.74) is 1.20. The highest BCUT2D eigenvalue weighted by molar-refractivity contribution is 6.42. The van der Waals surface area contributed by atoms with Gasteiger partial charge in [-0.25, -0.2) is 4.79 Å². The third kappa shape index (κ3) is 4.68. The lowest BCUT2D eigenvalue weighted by Crippen LogP contribution is -2.20. The molecule has 1 aliphatic rings. The summed E-state index contributed by atoms with van der Waals surface area (Å²) in [6, 6.07) is 9.91. The number of anilines is 1. The third-order valence-corrected chi connectivity index (χ3v) is 4.10. The summed E-state index contributed by atoms with van der Waals surface area (Å²) in [5.74, 6) is 0.130. The Morgan fingerprint density at radius 1 is 1.08 bits per heavy atom. The molecule has 6 nitrogen and oxygen atoms in total. The van der Waals surface area contributed by atoms with Crippen molar-refractivity contribution in [2.45, 2.75) is 0 Å². The van der Waals surface area contributed by atoms with Crippen molar-refractivity contribution < 1.29 is 23.8 Å². The van der Waals surface area contributed by atoms with Crippen molar-refractivity contribution >= 4 is 46.8 Å². The van der Waals surface area contributed by atoms with E-state index in [2.05, 4.69) is 5.32 Å². The Balaban J connectivity index is 1.48. The minimum Gasteiger partial charge on any atom is -0.454 e. The second-order valence-corrected chi connectivity index (χ2v) is 6.05. The van der Waals surface area contributed by atoms with E-state index in [1.165, 1.54) is 12.1 Å². The summed E-state index contributed by atoms with van der Waals surface area (Å²) >= 11 is 11.7. The van der Waals surface area contributed by atoms with Crippen molar-refractivity contribution in [1.82, 2.24) is 0 Å². The minimum atomic E-state index is -0.646. The highest BCUT2D eigenvalue weighted by atomic mass is 35.5. The Kier molecular flexibility index (Phi) is 5.65. The molecule has 0 fully saturated rings. The summed E-state index contributed by atoms with van der Waals surface area (Å²) < 4.78 is 15.4. The van der Waals surface area contributed by atoms with Gasteiger partial charge in [-0.15, -0.1) is 0 Å². The van der Waals surface area contributed by atoms with Crippen LogP contribution < -0.4 is 14.8 Å². The highest BCUT2D eigenvalue weighted by Crippen LogP contribution is 2.32. The predicted molar refractivity (Wildman–Crippen MR) is 97.6 cm³/mol. The summed E-state index contributed by atoms with van der Waals surface area (Å²) in [5, 5.41) is 3.25. The largest absolute Gasteiger partial charge is 0.454 e. The molecule has 0 saturated carbocycles. The fourth-order valence-corrected chi connectivity index (χ4v) is 2.43. The molecule has 0 saturated heterocycles. The lowest BCUT2D eigenvalue weighted by Gasteiger charge is -2.06. The van der Waals surface area contributed by atoms with Gasteiger partial charge in [0.2, 0.25) is 6.79 Å². The maximum Gasteiger partial charge on any atom is 0.331 e. The number of nitrogens with one attached hydrogen (secondary N) is 1. The van der Waals surface area contributed by atoms with Gasteiger partial charge in [0, 0.05) is 11.8 Å². The lowest BCUT2D eigenvalue weighted by molar-refractivity contribution is -0.142. The number of benzene rings is 2. The quantitative estimate of drug-likeness (QED) is 0.615. The van der Waals surface area contributed by atoms with Crippen molar-refractivity contribution in [3.63, 3.8) is 0 Å². The number of carbonyl (C=O) groups is 2. The molecular weight excluding hydrogens is 381 g/mol. The van der Waals surface area contributed by atoms with Crippen LogP contribution in [0.25, 0.3) is 6.08 Å². The highest BCUT2D eigenvalue weighted by Gasteiger charge is 2.12. The van der Waals surface area contributed by atoms with Gasteiger partial charge in [0.05, 0.1) is 10.0 Å². The first-order valence-corrected chi connectivity index (χ1v) is 8.26. The number of hydrogen-bond donors (Lipinski definition) is 1. The molecule has 26 heavy (non-hydrogen) atoms. The lowest BCUT2D eigenvalue weighted by atomic mass is 10.2. The van der Waals surface area contributed by atoms with Gasteiger partial charge in [-0.2, -0.15) is 0 Å². The van der Waals surface area contributed by atoms with Gasteiger partial charge in [-0.1, -0.05) is 29.3 Å². The van der Waals surface area contributed by atoms with E-state index in [0.717, 1.165) is 5.56 Å². The Hall–Kier alpha value is -2.70. The van der Waals surface area contributed by atoms with Crippen LogP contribution in [0.1, 0.15) is 5.56 Å². The summed E-state index contributed by atoms with van der Waals surface area (Å²) in [6.45, 7) is -0.247. The average molecular weight is 394 g/mol. The predicted octanol–water partition coefficient (Wildman–Crippen LogP) is 3.92. The molecule has 0 aliphatic carbocycles. The molecule has 0 unspecified atom stereocenters. The molecule has 1 heterocycles. The monoisotopic (exact) mass is 393 g/mol. The second-order valence-electron chi connectivity index (χ2n) is 5.23. The standard InChI is InChI=1S/C18H13Cl2NO5/c19-13-4-3-12(8-14(13)20)21-17(22)9-24-18(23)6-2-11-1-5-15-16(7-11)26-10-25-15/h1-8H,9-10H2,(H,21,22)/b6-2+. The van der Waals surface area contributed by atoms with Crippen LogP contribution in [-0.2, 0) is 14.3 Å². The zero-order valence-electron chi connectivity index (χ0n) is 13.3. The van der Waals surface area contributed by atoms with E-state index in [4.69, 9.17) is 37.4 Å². The molecule has 1 aliphatic heterocycles. The molecule has 0 bridgehead atoms. The molecule has 0 atom stereocenters. The zero-order chi connectivity index (χ0) is 18.5. The molecule has 0 radical (unpaired) electrons. The van der Waals surface area contributed by atoms with Crippen LogP contribution in [0.4, 0.5) is 5.69 Å². The molecular formula is C18H13Cl2NO5. The number of fused-ring (bicyclic) bond motifs is 1. The van der Waals surface area contributed by atoms with Gasteiger partial charge in [0.15, 0.2) is 18.1 Å². The number of halogens is 2. The molecule has 0 spiro atoms. The normalized spacial score (nSPS) is 12.2. The average Bonchev–Trinajstić information content (AvgIpc) is 3.09. The first-order chi connectivity index (χ1) is 12.5. The van der Waals surface area contributed by atoms with Crippen molar-refractivity contribution in [3.8, 4) is 11.5 Å². The van der Waals surface area contributed by atoms with Crippen molar-refractivity contribution in [2.24, 2.45) is 0 Å². The van der Waals surface area contributed by atoms with Crippen molar-refractivity contribution in [2.75, 3.05) is 18.7 Å². The number of amides is 1. The topological polar surface area (TPSA) is 73.9 Å². The van der Waals surface area contributed by atoms with Crippen molar-refractivity contribution in [1.29, 1.82) is 0 Å². The van der Waals surface area contributed by atoms with E-state index >= 15 is 0 Å². The van der Waals surface area contributed by atoms with Crippen LogP contribution >= 0.6 is 23.2 Å². The first-order valence-electron chi connectivity index (χ1n) is 7.50. The fourth-order valence-electron chi connectivity index (χ4n) is 2.14. The molecule has 2 aromatic carbocycles. The van der Waals surface area contributed by atoms with E-state index in [1.807, 2.05) is 0 Å². The van der Waals surface area contributed by atoms with E-state index < -0.39 is 18.5 Å². The smallest absolute Gasteiger partial charge is 0.331 e. The second kappa shape index (κ2) is 8.12. The van der Waals surface area contributed by atoms with Crippen LogP contribution in [-0.4, -0.2) is 25.3 Å². The van der Waals surface area contributed by atoms with Gasteiger partial charge in [-0.05, 0) is 42.0 Å². The minimum absolute atomic E-state index is 0.179. The van der Waals surface area contributed by atoms with Crippen LogP contribution in [0, 0.1) is 0 Å². The van der Waals surface area contributed by atoms with Gasteiger partial charge in [-0.3, -0.25) is 4.79 Å². The van der Waals surface area contributed by atoms with Gasteiger partial charge in [0.1, 0.15) is 0 Å². The molecule has 8 heteroatoms. The van der Waals surface area contributed by atoms with Crippen LogP contribution in [0.5, 0.6) is 11.5 Å². The van der Waals surface area contributed by atoms with Gasteiger partial charge in [0.25, 0.3) is 5.91 Å². The van der Waals surface area contributed by atoms with Crippen LogP contribution in [0.15, 0.2) is 42.5 Å². The number of rotatable bonds is 5. The Labute approximate surface area is 159 Å². The van der Waals surface area contributed by atoms with Gasteiger partial charge >= 0.3 is 5.97 Å². The molecule has 134 valence electrons. The SMILES string of the molecule is O=C(COC(=O)/C=C/c1ccc2c(c1)OCO2)Nc1ccc(Cl)c(Cl)c1. The Morgan fingerprint density at radius 2 is 1.88 bits per heavy atom. The van der Waals surface area contributed by atoms with Crippen LogP contribution in [0.3, 0.4) is 0 Å². The van der Waals surface area contributed by atoms with Crippen LogP contribution in [0.2, 0.25) is 10.0 Å². The summed E-state index contributed by atoms with van der Waals surface area (Å²) in [7, 11) is 0. The fraction of sp³-hybridized carbons (Fsp3) is 0.111. The third-order valence-electron chi connectivity index (χ3n) is 3.36. The number of hydrogen-bond acceptors (Lipinski definition) is 5. The number of ether oxygens (including phenoxy) is 3. The molecule has 3 rings (SSSR count). The number of carbonyl (C=O) groups excluding carboxylic acids is 2. The van der Waals surface area contributed by atoms with E-state index in [9.17, 15) is 9.59 Å². The Morgan fingerprint density at radius 3 is 2.69 bits per heavy atom.